The van der Waals surface area contributed by atoms with Crippen LogP contribution in [-0.2, 0) is 4.79 Å². The lowest BCUT2D eigenvalue weighted by Crippen LogP contribution is -2.28. The molecule has 1 amide bonds. The zero-order valence-corrected chi connectivity index (χ0v) is 20.6. The molecule has 4 heterocycles. The predicted molar refractivity (Wildman–Crippen MR) is 138 cm³/mol. The molecule has 9 nitrogen and oxygen atoms in total. The highest BCUT2D eigenvalue weighted by Crippen LogP contribution is 2.45. The number of thiazole rings is 1. The fourth-order valence-electron chi connectivity index (χ4n) is 5.57. The van der Waals surface area contributed by atoms with Gasteiger partial charge in [-0.2, -0.15) is 5.10 Å². The lowest BCUT2D eigenvalue weighted by atomic mass is 10.0. The first-order chi connectivity index (χ1) is 17.0. The Balaban J connectivity index is 1.26. The fourth-order valence-corrected chi connectivity index (χ4v) is 6.29. The maximum absolute atomic E-state index is 12.6. The van der Waals surface area contributed by atoms with E-state index < -0.39 is 0 Å². The summed E-state index contributed by atoms with van der Waals surface area (Å²) in [5, 5.41) is 5.86. The Morgan fingerprint density at radius 2 is 2.00 bits per heavy atom. The monoisotopic (exact) mass is 488 g/mol. The van der Waals surface area contributed by atoms with Crippen LogP contribution in [0.4, 0.5) is 5.82 Å². The first-order valence-corrected chi connectivity index (χ1v) is 12.8. The quantitative estimate of drug-likeness (QED) is 0.430. The molecule has 180 valence electrons. The molecule has 2 aliphatic rings. The van der Waals surface area contributed by atoms with Crippen molar-refractivity contribution in [1.82, 2.24) is 34.5 Å². The molecule has 2 fully saturated rings. The first kappa shape index (κ1) is 22.1. The number of nitrogen functional groups attached to an aromatic ring is 1. The SMILES string of the molecule is CN(C)C/C=C/C(=O)N1CC2CC(n3nc(-c4ccc5ncsc5c4)c4c(N)ncnc43)CC2C1. The molecule has 0 bridgehead atoms. The Morgan fingerprint density at radius 1 is 1.20 bits per heavy atom. The van der Waals surface area contributed by atoms with Crippen molar-refractivity contribution in [3.8, 4) is 11.3 Å². The van der Waals surface area contributed by atoms with Crippen LogP contribution in [0.25, 0.3) is 32.5 Å². The number of hydrogen-bond acceptors (Lipinski definition) is 8. The van der Waals surface area contributed by atoms with E-state index in [2.05, 4.69) is 25.7 Å². The van der Waals surface area contributed by atoms with Crippen molar-refractivity contribution in [2.24, 2.45) is 11.8 Å². The number of benzene rings is 1. The van der Waals surface area contributed by atoms with Crippen LogP contribution >= 0.6 is 11.3 Å². The minimum atomic E-state index is 0.114. The summed E-state index contributed by atoms with van der Waals surface area (Å²) in [5.74, 6) is 1.51. The maximum atomic E-state index is 12.6. The zero-order chi connectivity index (χ0) is 24.1. The van der Waals surface area contributed by atoms with Gasteiger partial charge in [0.15, 0.2) is 5.65 Å². The van der Waals surface area contributed by atoms with Gasteiger partial charge in [0.05, 0.1) is 27.2 Å². The molecule has 0 radical (unpaired) electrons. The summed E-state index contributed by atoms with van der Waals surface area (Å²) in [6, 6.07) is 6.40. The molecule has 35 heavy (non-hydrogen) atoms. The lowest BCUT2D eigenvalue weighted by molar-refractivity contribution is -0.125. The van der Waals surface area contributed by atoms with Gasteiger partial charge in [-0.25, -0.2) is 19.6 Å². The van der Waals surface area contributed by atoms with Crippen LogP contribution in [0.1, 0.15) is 18.9 Å². The number of likely N-dealkylation sites (N-methyl/N-ethyl adjacent to an activating group) is 1. The van der Waals surface area contributed by atoms with Gasteiger partial charge >= 0.3 is 0 Å². The average Bonchev–Trinajstić information content (AvgIpc) is 3.59. The molecular formula is C25H28N8OS. The second-order valence-electron chi connectivity index (χ2n) is 9.84. The second-order valence-corrected chi connectivity index (χ2v) is 10.7. The lowest BCUT2D eigenvalue weighted by Gasteiger charge is -2.18. The van der Waals surface area contributed by atoms with E-state index in [1.807, 2.05) is 47.6 Å². The number of hydrogen-bond donors (Lipinski definition) is 1. The third-order valence-corrected chi connectivity index (χ3v) is 8.03. The zero-order valence-electron chi connectivity index (χ0n) is 19.8. The number of anilines is 1. The van der Waals surface area contributed by atoms with Crippen LogP contribution in [0, 0.1) is 11.8 Å². The Bertz CT molecular complexity index is 1430. The van der Waals surface area contributed by atoms with E-state index >= 15 is 0 Å². The standard InChI is InChI=1S/C25H28N8OS/c1-31(2)7-3-4-21(34)32-11-16-8-18(9-17(16)12-32)33-25-22(24(26)27-13-28-25)23(30-33)15-5-6-19-20(10-15)35-14-29-19/h3-6,10,13-14,16-18H,7-9,11-12H2,1-2H3,(H2,26,27,28)/b4-3+. The summed E-state index contributed by atoms with van der Waals surface area (Å²) in [7, 11) is 3.99. The van der Waals surface area contributed by atoms with E-state index in [0.29, 0.717) is 17.7 Å². The molecule has 2 atom stereocenters. The summed E-state index contributed by atoms with van der Waals surface area (Å²) in [5.41, 5.74) is 11.7. The van der Waals surface area contributed by atoms with Crippen LogP contribution in [0.2, 0.25) is 0 Å². The van der Waals surface area contributed by atoms with E-state index in [0.717, 1.165) is 65.0 Å². The number of carbonyl (C=O) groups is 1. The van der Waals surface area contributed by atoms with E-state index in [1.54, 1.807) is 17.4 Å². The first-order valence-electron chi connectivity index (χ1n) is 11.9. The van der Waals surface area contributed by atoms with Gasteiger partial charge in [0.25, 0.3) is 0 Å². The number of rotatable bonds is 5. The van der Waals surface area contributed by atoms with Gasteiger partial charge in [-0.15, -0.1) is 11.3 Å². The molecule has 1 saturated carbocycles. The average molecular weight is 489 g/mol. The third-order valence-electron chi connectivity index (χ3n) is 7.24. The van der Waals surface area contributed by atoms with Gasteiger partial charge in [-0.1, -0.05) is 12.1 Å². The third kappa shape index (κ3) is 3.96. The Kier molecular flexibility index (Phi) is 5.49. The van der Waals surface area contributed by atoms with Crippen molar-refractivity contribution >= 4 is 44.3 Å². The van der Waals surface area contributed by atoms with Crippen LogP contribution in [0.15, 0.2) is 42.2 Å². The number of likely N-dealkylation sites (tertiary alicyclic amines) is 1. The highest BCUT2D eigenvalue weighted by molar-refractivity contribution is 7.16. The van der Waals surface area contributed by atoms with E-state index in [9.17, 15) is 4.79 Å². The van der Waals surface area contributed by atoms with Gasteiger partial charge in [0.2, 0.25) is 5.91 Å². The van der Waals surface area contributed by atoms with Crippen molar-refractivity contribution in [3.05, 3.63) is 42.2 Å². The number of amides is 1. The summed E-state index contributed by atoms with van der Waals surface area (Å²) in [6.07, 6.45) is 7.12. The number of fused-ring (bicyclic) bond motifs is 3. The summed E-state index contributed by atoms with van der Waals surface area (Å²) < 4.78 is 3.17. The molecule has 2 unspecified atom stereocenters. The molecule has 1 aliphatic heterocycles. The number of carbonyl (C=O) groups excluding carboxylic acids is 1. The summed E-state index contributed by atoms with van der Waals surface area (Å²) in [6.45, 7) is 2.37. The summed E-state index contributed by atoms with van der Waals surface area (Å²) in [4.78, 5) is 29.9. The van der Waals surface area contributed by atoms with Gasteiger partial charge in [-0.05, 0) is 50.9 Å². The van der Waals surface area contributed by atoms with Gasteiger partial charge < -0.3 is 15.5 Å². The van der Waals surface area contributed by atoms with Crippen molar-refractivity contribution < 1.29 is 4.79 Å². The Labute approximate surface area is 207 Å². The molecule has 4 aromatic rings. The molecule has 1 saturated heterocycles. The van der Waals surface area contributed by atoms with Gasteiger partial charge in [0, 0.05) is 31.3 Å². The number of nitrogens with two attached hydrogens (primary N) is 1. The topological polar surface area (TPSA) is 106 Å². The van der Waals surface area contributed by atoms with Crippen molar-refractivity contribution in [3.63, 3.8) is 0 Å². The van der Waals surface area contributed by atoms with Crippen LogP contribution < -0.4 is 5.73 Å². The molecule has 3 aromatic heterocycles. The minimum absolute atomic E-state index is 0.114. The van der Waals surface area contributed by atoms with Gasteiger partial charge in [-0.3, -0.25) is 4.79 Å². The van der Waals surface area contributed by atoms with Crippen molar-refractivity contribution in [2.75, 3.05) is 39.5 Å². The molecule has 10 heteroatoms. The molecular weight excluding hydrogens is 460 g/mol. The largest absolute Gasteiger partial charge is 0.383 e. The van der Waals surface area contributed by atoms with Crippen molar-refractivity contribution in [1.29, 1.82) is 0 Å². The van der Waals surface area contributed by atoms with Crippen LogP contribution in [0.3, 0.4) is 0 Å². The molecule has 1 aromatic carbocycles. The fraction of sp³-hybridized carbons (Fsp3) is 0.400. The maximum Gasteiger partial charge on any atom is 0.246 e. The summed E-state index contributed by atoms with van der Waals surface area (Å²) >= 11 is 1.61. The Morgan fingerprint density at radius 3 is 2.77 bits per heavy atom. The van der Waals surface area contributed by atoms with Gasteiger partial charge in [0.1, 0.15) is 17.8 Å². The smallest absolute Gasteiger partial charge is 0.246 e. The number of aromatic nitrogens is 5. The number of nitrogens with zero attached hydrogens (tertiary/aromatic N) is 7. The predicted octanol–water partition coefficient (Wildman–Crippen LogP) is 3.21. The molecule has 0 spiro atoms. The van der Waals surface area contributed by atoms with E-state index in [4.69, 9.17) is 10.8 Å². The highest BCUT2D eigenvalue weighted by atomic mass is 32.1. The normalized spacial score (nSPS) is 22.3. The Hall–Kier alpha value is -3.37. The molecule has 6 rings (SSSR count). The van der Waals surface area contributed by atoms with Crippen molar-refractivity contribution in [2.45, 2.75) is 18.9 Å². The van der Waals surface area contributed by atoms with Crippen LogP contribution in [-0.4, -0.2) is 74.2 Å². The van der Waals surface area contributed by atoms with Crippen LogP contribution in [0.5, 0.6) is 0 Å². The molecule has 1 aliphatic carbocycles. The highest BCUT2D eigenvalue weighted by Gasteiger charge is 2.43. The van der Waals surface area contributed by atoms with E-state index in [1.165, 1.54) is 6.33 Å². The minimum Gasteiger partial charge on any atom is -0.383 e. The second kappa shape index (κ2) is 8.69. The molecule has 2 N–H and O–H groups in total. The van der Waals surface area contributed by atoms with E-state index in [-0.39, 0.29) is 11.9 Å².